The summed E-state index contributed by atoms with van der Waals surface area (Å²) in [5.74, 6) is -1.32. The minimum Gasteiger partial charge on any atom is -0.426 e. The van der Waals surface area contributed by atoms with Gasteiger partial charge in [0.25, 0.3) is 0 Å². The first kappa shape index (κ1) is 27.2. The van der Waals surface area contributed by atoms with Crippen LogP contribution in [-0.4, -0.2) is 11.9 Å². The highest BCUT2D eigenvalue weighted by Crippen LogP contribution is 2.35. The molecule has 0 unspecified atom stereocenters. The van der Waals surface area contributed by atoms with Crippen molar-refractivity contribution in [1.82, 2.24) is 0 Å². The summed E-state index contributed by atoms with van der Waals surface area (Å²) in [6.07, 6.45) is 3.21. The molecule has 0 saturated heterocycles. The van der Waals surface area contributed by atoms with E-state index < -0.39 is 29.6 Å². The molecule has 0 amide bonds. The van der Waals surface area contributed by atoms with Gasteiger partial charge in [0.2, 0.25) is 0 Å². The molecule has 3 aromatic rings. The van der Waals surface area contributed by atoms with Crippen LogP contribution in [0.25, 0.3) is 24.3 Å². The molecule has 0 fully saturated rings. The molecule has 7 heteroatoms. The molecule has 0 atom stereocenters. The fourth-order valence-corrected chi connectivity index (χ4v) is 3.13. The fraction of sp³-hybridized carbons (Fsp3) is 0.133. The van der Waals surface area contributed by atoms with Crippen molar-refractivity contribution < 1.29 is 32.2 Å². The van der Waals surface area contributed by atoms with E-state index in [2.05, 4.69) is 6.58 Å². The number of carbonyl (C=O) groups excluding carboxylic acids is 2. The van der Waals surface area contributed by atoms with Gasteiger partial charge in [0.05, 0.1) is 11.5 Å². The number of alkyl halides is 3. The van der Waals surface area contributed by atoms with Gasteiger partial charge in [-0.25, -0.2) is 4.79 Å². The summed E-state index contributed by atoms with van der Waals surface area (Å²) in [4.78, 5) is 23.0. The van der Waals surface area contributed by atoms with Crippen molar-refractivity contribution in [2.75, 3.05) is 0 Å². The van der Waals surface area contributed by atoms with Gasteiger partial charge in [-0.1, -0.05) is 87.2 Å². The van der Waals surface area contributed by atoms with Crippen LogP contribution in [0.3, 0.4) is 0 Å². The van der Waals surface area contributed by atoms with Crippen molar-refractivity contribution in [1.29, 1.82) is 0 Å². The summed E-state index contributed by atoms with van der Waals surface area (Å²) in [5, 5.41) is 0. The first-order valence-corrected chi connectivity index (χ1v) is 11.4. The minimum absolute atomic E-state index is 0.0389. The molecule has 0 saturated carbocycles. The number of halogens is 3. The molecule has 4 nitrogen and oxygen atoms in total. The molecular formula is C30H25F3O4. The van der Waals surface area contributed by atoms with Crippen LogP contribution in [0.15, 0.2) is 79.4 Å². The average molecular weight is 507 g/mol. The monoisotopic (exact) mass is 506 g/mol. The number of esters is 2. The second-order valence-electron chi connectivity index (χ2n) is 8.35. The van der Waals surface area contributed by atoms with Crippen LogP contribution in [0.2, 0.25) is 0 Å². The molecule has 0 spiro atoms. The van der Waals surface area contributed by atoms with E-state index in [4.69, 9.17) is 9.47 Å². The van der Waals surface area contributed by atoms with Gasteiger partial charge < -0.3 is 9.47 Å². The second-order valence-corrected chi connectivity index (χ2v) is 8.35. The lowest BCUT2D eigenvalue weighted by molar-refractivity contribution is -0.140. The molecule has 3 rings (SSSR count). The Labute approximate surface area is 213 Å². The van der Waals surface area contributed by atoms with Gasteiger partial charge in [0.1, 0.15) is 11.5 Å². The van der Waals surface area contributed by atoms with Crippen LogP contribution < -0.4 is 9.47 Å². The van der Waals surface area contributed by atoms with Gasteiger partial charge in [-0.3, -0.25) is 4.79 Å². The van der Waals surface area contributed by atoms with Crippen LogP contribution >= 0.6 is 0 Å². The Kier molecular flexibility index (Phi) is 8.85. The largest absolute Gasteiger partial charge is 0.426 e. The topological polar surface area (TPSA) is 52.6 Å². The lowest BCUT2D eigenvalue weighted by Gasteiger charge is -2.13. The normalized spacial score (nSPS) is 11.7. The molecule has 0 aliphatic heterocycles. The van der Waals surface area contributed by atoms with E-state index in [1.807, 2.05) is 24.3 Å². The first-order valence-electron chi connectivity index (χ1n) is 11.4. The van der Waals surface area contributed by atoms with E-state index in [1.165, 1.54) is 18.2 Å². The van der Waals surface area contributed by atoms with E-state index in [0.29, 0.717) is 11.3 Å². The van der Waals surface area contributed by atoms with Crippen molar-refractivity contribution >= 4 is 36.2 Å². The smallest absolute Gasteiger partial charge is 0.417 e. The molecule has 0 radical (unpaired) electrons. The van der Waals surface area contributed by atoms with Crippen molar-refractivity contribution in [3.8, 4) is 11.5 Å². The second kappa shape index (κ2) is 12.0. The van der Waals surface area contributed by atoms with Gasteiger partial charge in [0.15, 0.2) is 0 Å². The molecule has 0 aliphatic rings. The fourth-order valence-electron chi connectivity index (χ4n) is 3.13. The van der Waals surface area contributed by atoms with Gasteiger partial charge >= 0.3 is 18.1 Å². The summed E-state index contributed by atoms with van der Waals surface area (Å²) in [5.41, 5.74) is 1.58. The Morgan fingerprint density at radius 3 is 1.73 bits per heavy atom. The maximum Gasteiger partial charge on any atom is 0.417 e. The van der Waals surface area contributed by atoms with Crippen LogP contribution in [0.4, 0.5) is 13.2 Å². The van der Waals surface area contributed by atoms with Gasteiger partial charge in [-0.15, -0.1) is 0 Å². The van der Waals surface area contributed by atoms with Crippen molar-refractivity contribution in [2.45, 2.75) is 20.0 Å². The standard InChI is InChI=1S/C30H25F3O4/c1-4-28(34)36-25-16-12-23(13-17-25)10-7-21-5-8-22(9-6-21)11-14-24-15-18-26(37-29(35)20(2)3)19-27(24)30(31,32)33/h4-20H,1H2,2-3H3/b10-7+,14-11+. The Morgan fingerprint density at radius 1 is 0.757 bits per heavy atom. The van der Waals surface area contributed by atoms with Crippen molar-refractivity contribution in [3.05, 3.63) is 107 Å². The Bertz CT molecular complexity index is 1320. The third kappa shape index (κ3) is 8.07. The maximum atomic E-state index is 13.6. The predicted molar refractivity (Wildman–Crippen MR) is 138 cm³/mol. The van der Waals surface area contributed by atoms with Crippen LogP contribution in [-0.2, 0) is 15.8 Å². The lowest BCUT2D eigenvalue weighted by Crippen LogP contribution is -2.15. The summed E-state index contributed by atoms with van der Waals surface area (Å²) in [7, 11) is 0. The van der Waals surface area contributed by atoms with Crippen LogP contribution in [0.5, 0.6) is 11.5 Å². The number of benzene rings is 3. The van der Waals surface area contributed by atoms with Gasteiger partial charge in [0, 0.05) is 6.08 Å². The predicted octanol–water partition coefficient (Wildman–Crippen LogP) is 7.70. The Balaban J connectivity index is 1.70. The summed E-state index contributed by atoms with van der Waals surface area (Å²) in [6.45, 7) is 6.56. The van der Waals surface area contributed by atoms with E-state index >= 15 is 0 Å². The minimum atomic E-state index is -4.61. The maximum absolute atomic E-state index is 13.6. The molecule has 0 heterocycles. The summed E-state index contributed by atoms with van der Waals surface area (Å²) in [6, 6.07) is 17.7. The highest BCUT2D eigenvalue weighted by molar-refractivity contribution is 5.83. The van der Waals surface area contributed by atoms with Crippen LogP contribution in [0, 0.1) is 5.92 Å². The van der Waals surface area contributed by atoms with Crippen molar-refractivity contribution in [2.24, 2.45) is 5.92 Å². The highest BCUT2D eigenvalue weighted by Gasteiger charge is 2.33. The van der Waals surface area contributed by atoms with Crippen LogP contribution in [0.1, 0.15) is 41.7 Å². The third-order valence-corrected chi connectivity index (χ3v) is 5.15. The highest BCUT2D eigenvalue weighted by atomic mass is 19.4. The number of carbonyl (C=O) groups is 2. The number of hydrogen-bond donors (Lipinski definition) is 0. The lowest BCUT2D eigenvalue weighted by atomic mass is 10.0. The zero-order valence-electron chi connectivity index (χ0n) is 20.3. The Morgan fingerprint density at radius 2 is 1.24 bits per heavy atom. The zero-order chi connectivity index (χ0) is 27.0. The zero-order valence-corrected chi connectivity index (χ0v) is 20.3. The number of rotatable bonds is 8. The van der Waals surface area contributed by atoms with Crippen molar-refractivity contribution in [3.63, 3.8) is 0 Å². The van der Waals surface area contributed by atoms with E-state index in [0.717, 1.165) is 23.3 Å². The van der Waals surface area contributed by atoms with E-state index in [1.54, 1.807) is 56.3 Å². The molecule has 0 N–H and O–H groups in total. The number of hydrogen-bond acceptors (Lipinski definition) is 4. The summed E-state index contributed by atoms with van der Waals surface area (Å²) >= 11 is 0. The van der Waals surface area contributed by atoms with E-state index in [9.17, 15) is 22.8 Å². The average Bonchev–Trinajstić information content (AvgIpc) is 2.87. The molecule has 37 heavy (non-hydrogen) atoms. The molecule has 3 aromatic carbocycles. The first-order chi connectivity index (χ1) is 17.5. The quantitative estimate of drug-likeness (QED) is 0.136. The number of ether oxygens (including phenoxy) is 2. The van der Waals surface area contributed by atoms with E-state index in [-0.39, 0.29) is 11.3 Å². The molecule has 0 aromatic heterocycles. The molecule has 190 valence electrons. The Hall–Kier alpha value is -4.39. The van der Waals surface area contributed by atoms with Gasteiger partial charge in [-0.05, 0) is 46.5 Å². The SMILES string of the molecule is C=CC(=O)Oc1ccc(/C=C/c2ccc(/C=C/c3ccc(OC(=O)C(C)C)cc3C(F)(F)F)cc2)cc1. The summed E-state index contributed by atoms with van der Waals surface area (Å²) < 4.78 is 50.9. The van der Waals surface area contributed by atoms with Gasteiger partial charge in [-0.2, -0.15) is 13.2 Å². The molecular weight excluding hydrogens is 481 g/mol. The third-order valence-electron chi connectivity index (χ3n) is 5.15. The molecule has 0 aliphatic carbocycles. The molecule has 0 bridgehead atoms.